The number of nitrogens with zero attached hydrogens (tertiary/aromatic N) is 3. The maximum absolute atomic E-state index is 13.9. The van der Waals surface area contributed by atoms with E-state index in [1.54, 1.807) is 19.2 Å². The summed E-state index contributed by atoms with van der Waals surface area (Å²) in [5.41, 5.74) is 10.3. The fraction of sp³-hybridized carbons (Fsp3) is 0.360. The molecular weight excluding hydrogens is 391 g/mol. The molecule has 6 heteroatoms. The molecule has 5 rings (SSSR count). The van der Waals surface area contributed by atoms with Crippen molar-refractivity contribution in [1.29, 1.82) is 0 Å². The van der Waals surface area contributed by atoms with Gasteiger partial charge in [0, 0.05) is 23.7 Å². The zero-order valence-corrected chi connectivity index (χ0v) is 17.9. The summed E-state index contributed by atoms with van der Waals surface area (Å²) in [6.45, 7) is 2.24. The van der Waals surface area contributed by atoms with Crippen LogP contribution in [-0.2, 0) is 0 Å². The van der Waals surface area contributed by atoms with Gasteiger partial charge in [0.05, 0.1) is 23.7 Å². The third-order valence-electron chi connectivity index (χ3n) is 6.96. The van der Waals surface area contributed by atoms with E-state index >= 15 is 0 Å². The van der Waals surface area contributed by atoms with Crippen molar-refractivity contribution >= 4 is 27.9 Å². The predicted octanol–water partition coefficient (Wildman–Crippen LogP) is 5.85. The Balaban J connectivity index is 1.38. The first-order valence-electron chi connectivity index (χ1n) is 10.9. The van der Waals surface area contributed by atoms with Crippen LogP contribution in [0.1, 0.15) is 50.1 Å². The number of halogens is 1. The fourth-order valence-electron chi connectivity index (χ4n) is 5.27. The first-order chi connectivity index (χ1) is 15.0. The van der Waals surface area contributed by atoms with Gasteiger partial charge >= 0.3 is 0 Å². The smallest absolute Gasteiger partial charge is 0.201 e. The number of aromatic nitrogens is 3. The second-order valence-corrected chi connectivity index (χ2v) is 8.61. The summed E-state index contributed by atoms with van der Waals surface area (Å²) in [5, 5.41) is 0.941. The number of nitrogen functional groups attached to an aromatic ring is 1. The van der Waals surface area contributed by atoms with Crippen LogP contribution in [0.25, 0.3) is 21.9 Å². The molecule has 1 atom stereocenters. The highest BCUT2D eigenvalue weighted by Crippen LogP contribution is 2.43. The van der Waals surface area contributed by atoms with Crippen molar-refractivity contribution in [3.8, 4) is 5.75 Å². The Morgan fingerprint density at radius 2 is 1.84 bits per heavy atom. The average Bonchev–Trinajstić information content (AvgIpc) is 3.13. The Hall–Kier alpha value is -3.15. The van der Waals surface area contributed by atoms with Gasteiger partial charge in [-0.2, -0.15) is 0 Å². The molecule has 1 saturated carbocycles. The molecular formula is C25H27FN4O. The molecule has 2 aromatic heterocycles. The SMILES string of the molecule is COc1ccc2nc(N)n([C@H](C)C3CCC(c4ccnc5ccc(F)cc45)CC3)c2c1. The van der Waals surface area contributed by atoms with Crippen LogP contribution >= 0.6 is 0 Å². The number of imidazole rings is 1. The van der Waals surface area contributed by atoms with E-state index < -0.39 is 0 Å². The van der Waals surface area contributed by atoms with E-state index in [1.165, 1.54) is 11.6 Å². The van der Waals surface area contributed by atoms with Crippen LogP contribution in [0.2, 0.25) is 0 Å². The summed E-state index contributed by atoms with van der Waals surface area (Å²) in [4.78, 5) is 8.96. The van der Waals surface area contributed by atoms with Gasteiger partial charge in [-0.1, -0.05) is 0 Å². The number of anilines is 1. The van der Waals surface area contributed by atoms with E-state index in [2.05, 4.69) is 27.5 Å². The van der Waals surface area contributed by atoms with Crippen LogP contribution in [0.5, 0.6) is 5.75 Å². The van der Waals surface area contributed by atoms with E-state index in [0.717, 1.165) is 53.4 Å². The number of hydrogen-bond acceptors (Lipinski definition) is 4. The number of hydrogen-bond donors (Lipinski definition) is 1. The standard InChI is InChI=1S/C25H27FN4O/c1-15(30-24-14-19(31-2)8-10-23(24)29-25(30)27)16-3-5-17(6-4-16)20-11-12-28-22-9-7-18(26)13-21(20)22/h7-17H,3-6H2,1-2H3,(H2,27,29)/t15-,16?,17?/m1/s1. The van der Waals surface area contributed by atoms with Crippen LogP contribution in [-0.4, -0.2) is 21.6 Å². The van der Waals surface area contributed by atoms with Gasteiger partial charge in [-0.25, -0.2) is 9.37 Å². The molecule has 31 heavy (non-hydrogen) atoms. The van der Waals surface area contributed by atoms with Crippen molar-refractivity contribution in [3.05, 3.63) is 60.0 Å². The second-order valence-electron chi connectivity index (χ2n) is 8.61. The molecule has 0 unspecified atom stereocenters. The lowest BCUT2D eigenvalue weighted by Crippen LogP contribution is -2.23. The van der Waals surface area contributed by atoms with E-state index in [0.29, 0.717) is 17.8 Å². The number of benzene rings is 2. The topological polar surface area (TPSA) is 66.0 Å². The van der Waals surface area contributed by atoms with Crippen LogP contribution in [0.3, 0.4) is 0 Å². The molecule has 2 N–H and O–H groups in total. The molecule has 4 aromatic rings. The van der Waals surface area contributed by atoms with E-state index in [-0.39, 0.29) is 11.9 Å². The monoisotopic (exact) mass is 418 g/mol. The lowest BCUT2D eigenvalue weighted by atomic mass is 9.75. The zero-order valence-electron chi connectivity index (χ0n) is 17.9. The van der Waals surface area contributed by atoms with Gasteiger partial charge in [0.2, 0.25) is 5.95 Å². The normalized spacial score (nSPS) is 20.2. The van der Waals surface area contributed by atoms with Gasteiger partial charge in [0.25, 0.3) is 0 Å². The van der Waals surface area contributed by atoms with Crippen LogP contribution in [0, 0.1) is 11.7 Å². The number of methoxy groups -OCH3 is 1. The maximum Gasteiger partial charge on any atom is 0.201 e. The maximum atomic E-state index is 13.9. The summed E-state index contributed by atoms with van der Waals surface area (Å²) in [6, 6.07) is 13.1. The largest absolute Gasteiger partial charge is 0.497 e. The van der Waals surface area contributed by atoms with Crippen molar-refractivity contribution in [2.75, 3.05) is 12.8 Å². The Kier molecular flexibility index (Phi) is 5.00. The van der Waals surface area contributed by atoms with E-state index in [4.69, 9.17) is 10.5 Å². The highest BCUT2D eigenvalue weighted by atomic mass is 19.1. The fourth-order valence-corrected chi connectivity index (χ4v) is 5.27. The van der Waals surface area contributed by atoms with Gasteiger partial charge in [-0.3, -0.25) is 4.98 Å². The minimum atomic E-state index is -0.207. The molecule has 2 aromatic carbocycles. The van der Waals surface area contributed by atoms with Crippen molar-refractivity contribution in [3.63, 3.8) is 0 Å². The minimum absolute atomic E-state index is 0.207. The second kappa shape index (κ2) is 7.84. The third kappa shape index (κ3) is 3.50. The number of pyridine rings is 1. The average molecular weight is 419 g/mol. The molecule has 5 nitrogen and oxygen atoms in total. The summed E-state index contributed by atoms with van der Waals surface area (Å²) in [6.07, 6.45) is 6.17. The predicted molar refractivity (Wildman–Crippen MR) is 122 cm³/mol. The molecule has 0 aliphatic heterocycles. The molecule has 160 valence electrons. The Labute approximate surface area is 181 Å². The Morgan fingerprint density at radius 1 is 1.06 bits per heavy atom. The molecule has 1 aliphatic carbocycles. The van der Waals surface area contributed by atoms with Crippen LogP contribution < -0.4 is 10.5 Å². The van der Waals surface area contributed by atoms with Crippen molar-refractivity contribution in [2.45, 2.75) is 44.6 Å². The molecule has 0 radical (unpaired) electrons. The first-order valence-corrected chi connectivity index (χ1v) is 10.9. The van der Waals surface area contributed by atoms with Gasteiger partial charge in [-0.05, 0) is 86.4 Å². The molecule has 0 amide bonds. The number of ether oxygens (including phenoxy) is 1. The number of nitrogens with two attached hydrogens (primary N) is 1. The minimum Gasteiger partial charge on any atom is -0.497 e. The molecule has 2 heterocycles. The highest BCUT2D eigenvalue weighted by molar-refractivity contribution is 5.82. The van der Waals surface area contributed by atoms with Gasteiger partial charge in [0.1, 0.15) is 11.6 Å². The summed E-state index contributed by atoms with van der Waals surface area (Å²) >= 11 is 0. The summed E-state index contributed by atoms with van der Waals surface area (Å²) in [7, 11) is 1.67. The van der Waals surface area contributed by atoms with Crippen LogP contribution in [0.4, 0.5) is 10.3 Å². The summed E-state index contributed by atoms with van der Waals surface area (Å²) in [5.74, 6) is 2.08. The molecule has 0 saturated heterocycles. The Morgan fingerprint density at radius 3 is 2.61 bits per heavy atom. The van der Waals surface area contributed by atoms with Gasteiger partial charge in [-0.15, -0.1) is 0 Å². The van der Waals surface area contributed by atoms with Gasteiger partial charge in [0.15, 0.2) is 0 Å². The molecule has 0 spiro atoms. The van der Waals surface area contributed by atoms with E-state index in [1.807, 2.05) is 24.4 Å². The lowest BCUT2D eigenvalue weighted by Gasteiger charge is -2.34. The Bertz CT molecular complexity index is 1240. The van der Waals surface area contributed by atoms with Gasteiger partial charge < -0.3 is 15.0 Å². The first kappa shape index (κ1) is 19.8. The quantitative estimate of drug-likeness (QED) is 0.451. The van der Waals surface area contributed by atoms with Crippen LogP contribution in [0.15, 0.2) is 48.7 Å². The highest BCUT2D eigenvalue weighted by Gasteiger charge is 2.29. The van der Waals surface area contributed by atoms with Crippen molar-refractivity contribution in [1.82, 2.24) is 14.5 Å². The third-order valence-corrected chi connectivity index (χ3v) is 6.96. The molecule has 1 aliphatic rings. The number of fused-ring (bicyclic) bond motifs is 2. The number of rotatable bonds is 4. The van der Waals surface area contributed by atoms with Crippen molar-refractivity contribution in [2.24, 2.45) is 5.92 Å². The zero-order chi connectivity index (χ0) is 21.5. The summed E-state index contributed by atoms with van der Waals surface area (Å²) < 4.78 is 21.4. The van der Waals surface area contributed by atoms with E-state index in [9.17, 15) is 4.39 Å². The molecule has 0 bridgehead atoms. The van der Waals surface area contributed by atoms with Crippen molar-refractivity contribution < 1.29 is 9.13 Å². The molecule has 1 fully saturated rings. The lowest BCUT2D eigenvalue weighted by molar-refractivity contribution is 0.251.